The lowest BCUT2D eigenvalue weighted by molar-refractivity contribution is 0.225. The fourth-order valence-corrected chi connectivity index (χ4v) is 2.20. The van der Waals surface area contributed by atoms with E-state index in [1.807, 2.05) is 0 Å². The number of hydrogen-bond acceptors (Lipinski definition) is 2. The van der Waals surface area contributed by atoms with Crippen molar-refractivity contribution in [2.75, 3.05) is 32.7 Å². The Bertz CT molecular complexity index is 166. The standard InChI is InChI=1S/C14H30N2/c1-14(2,3)8-10-15-9-7-13-16-11-5-4-6-12-16/h15H,4-13H2,1-3H3. The summed E-state index contributed by atoms with van der Waals surface area (Å²) in [5.41, 5.74) is 0.472. The molecule has 1 rings (SSSR count). The van der Waals surface area contributed by atoms with E-state index in [2.05, 4.69) is 31.0 Å². The molecule has 0 amide bonds. The van der Waals surface area contributed by atoms with Crippen LogP contribution < -0.4 is 5.32 Å². The summed E-state index contributed by atoms with van der Waals surface area (Å²) in [6.07, 6.45) is 6.86. The molecular weight excluding hydrogens is 196 g/mol. The van der Waals surface area contributed by atoms with Crippen LogP contribution in [0.3, 0.4) is 0 Å². The Morgan fingerprint density at radius 3 is 2.31 bits per heavy atom. The minimum atomic E-state index is 0.472. The molecule has 0 unspecified atom stereocenters. The second-order valence-corrected chi connectivity index (χ2v) is 6.32. The Balaban J connectivity index is 1.87. The van der Waals surface area contributed by atoms with E-state index in [4.69, 9.17) is 0 Å². The maximum Gasteiger partial charge on any atom is -0.000664 e. The summed E-state index contributed by atoms with van der Waals surface area (Å²) in [5, 5.41) is 3.55. The molecule has 0 aromatic carbocycles. The van der Waals surface area contributed by atoms with Crippen molar-refractivity contribution >= 4 is 0 Å². The van der Waals surface area contributed by atoms with E-state index in [-0.39, 0.29) is 0 Å². The van der Waals surface area contributed by atoms with Crippen molar-refractivity contribution in [1.29, 1.82) is 0 Å². The molecule has 1 N–H and O–H groups in total. The Kier molecular flexibility index (Phi) is 6.37. The third-order valence-corrected chi connectivity index (χ3v) is 3.33. The highest BCUT2D eigenvalue weighted by Crippen LogP contribution is 2.16. The Morgan fingerprint density at radius 2 is 1.69 bits per heavy atom. The molecule has 1 saturated heterocycles. The minimum absolute atomic E-state index is 0.472. The summed E-state index contributed by atoms with van der Waals surface area (Å²) in [7, 11) is 0. The zero-order valence-electron chi connectivity index (χ0n) is 11.5. The lowest BCUT2D eigenvalue weighted by atomic mass is 9.92. The number of piperidine rings is 1. The summed E-state index contributed by atoms with van der Waals surface area (Å²) >= 11 is 0. The van der Waals surface area contributed by atoms with E-state index in [0.29, 0.717) is 5.41 Å². The van der Waals surface area contributed by atoms with Crippen LogP contribution in [-0.4, -0.2) is 37.6 Å². The summed E-state index contributed by atoms with van der Waals surface area (Å²) in [5.74, 6) is 0. The van der Waals surface area contributed by atoms with Crippen LogP contribution in [-0.2, 0) is 0 Å². The second-order valence-electron chi connectivity index (χ2n) is 6.32. The van der Waals surface area contributed by atoms with Gasteiger partial charge in [-0.25, -0.2) is 0 Å². The van der Waals surface area contributed by atoms with Gasteiger partial charge in [0, 0.05) is 0 Å². The van der Waals surface area contributed by atoms with Gasteiger partial charge in [-0.1, -0.05) is 27.2 Å². The minimum Gasteiger partial charge on any atom is -0.317 e. The molecule has 0 bridgehead atoms. The van der Waals surface area contributed by atoms with Crippen LogP contribution >= 0.6 is 0 Å². The van der Waals surface area contributed by atoms with Crippen LogP contribution in [0.15, 0.2) is 0 Å². The maximum atomic E-state index is 3.55. The van der Waals surface area contributed by atoms with Gasteiger partial charge in [-0.15, -0.1) is 0 Å². The predicted molar refractivity (Wildman–Crippen MR) is 71.8 cm³/mol. The Hall–Kier alpha value is -0.0800. The first kappa shape index (κ1) is 14.0. The average Bonchev–Trinajstić information content (AvgIpc) is 2.23. The molecule has 0 saturated carbocycles. The first-order chi connectivity index (χ1) is 7.58. The monoisotopic (exact) mass is 226 g/mol. The van der Waals surface area contributed by atoms with Crippen molar-refractivity contribution in [3.8, 4) is 0 Å². The zero-order chi connectivity index (χ0) is 11.9. The third-order valence-electron chi connectivity index (χ3n) is 3.33. The molecular formula is C14H30N2. The van der Waals surface area contributed by atoms with Crippen LogP contribution in [0.5, 0.6) is 0 Å². The summed E-state index contributed by atoms with van der Waals surface area (Å²) in [4.78, 5) is 2.62. The first-order valence-electron chi connectivity index (χ1n) is 7.01. The molecule has 0 aromatic heterocycles. The molecule has 1 aliphatic rings. The molecule has 0 aromatic rings. The van der Waals surface area contributed by atoms with Gasteiger partial charge in [-0.05, 0) is 63.8 Å². The number of nitrogens with zero attached hydrogens (tertiary/aromatic N) is 1. The van der Waals surface area contributed by atoms with E-state index in [1.165, 1.54) is 64.8 Å². The van der Waals surface area contributed by atoms with Gasteiger partial charge in [0.1, 0.15) is 0 Å². The molecule has 0 aliphatic carbocycles. The van der Waals surface area contributed by atoms with E-state index in [1.54, 1.807) is 0 Å². The van der Waals surface area contributed by atoms with Gasteiger partial charge >= 0.3 is 0 Å². The molecule has 96 valence electrons. The van der Waals surface area contributed by atoms with E-state index in [0.717, 1.165) is 0 Å². The van der Waals surface area contributed by atoms with Crippen LogP contribution in [0.25, 0.3) is 0 Å². The van der Waals surface area contributed by atoms with Crippen LogP contribution in [0, 0.1) is 5.41 Å². The van der Waals surface area contributed by atoms with E-state index >= 15 is 0 Å². The van der Waals surface area contributed by atoms with Gasteiger partial charge in [0.05, 0.1) is 0 Å². The lowest BCUT2D eigenvalue weighted by Crippen LogP contribution is -2.32. The average molecular weight is 226 g/mol. The third kappa shape index (κ3) is 7.24. The largest absolute Gasteiger partial charge is 0.317 e. The predicted octanol–water partition coefficient (Wildman–Crippen LogP) is 2.89. The van der Waals surface area contributed by atoms with Gasteiger partial charge in [-0.2, -0.15) is 0 Å². The normalized spacial score (nSPS) is 18.9. The summed E-state index contributed by atoms with van der Waals surface area (Å²) in [6.45, 7) is 13.2. The van der Waals surface area contributed by atoms with Crippen LogP contribution in [0.1, 0.15) is 52.9 Å². The molecule has 1 heterocycles. The summed E-state index contributed by atoms with van der Waals surface area (Å²) < 4.78 is 0. The molecule has 0 radical (unpaired) electrons. The van der Waals surface area contributed by atoms with Crippen LogP contribution in [0.2, 0.25) is 0 Å². The number of likely N-dealkylation sites (tertiary alicyclic amines) is 1. The molecule has 1 aliphatic heterocycles. The van der Waals surface area contributed by atoms with Gasteiger partial charge in [0.15, 0.2) is 0 Å². The van der Waals surface area contributed by atoms with Crippen molar-refractivity contribution in [2.24, 2.45) is 5.41 Å². The number of rotatable bonds is 6. The summed E-state index contributed by atoms with van der Waals surface area (Å²) in [6, 6.07) is 0. The first-order valence-corrected chi connectivity index (χ1v) is 7.01. The highest BCUT2D eigenvalue weighted by Gasteiger charge is 2.10. The zero-order valence-corrected chi connectivity index (χ0v) is 11.5. The van der Waals surface area contributed by atoms with Crippen molar-refractivity contribution in [2.45, 2.75) is 52.9 Å². The quantitative estimate of drug-likeness (QED) is 0.701. The fourth-order valence-electron chi connectivity index (χ4n) is 2.20. The Morgan fingerprint density at radius 1 is 1.00 bits per heavy atom. The SMILES string of the molecule is CC(C)(C)CCNCCCN1CCCCC1. The van der Waals surface area contributed by atoms with Gasteiger partial charge in [0.2, 0.25) is 0 Å². The maximum absolute atomic E-state index is 3.55. The molecule has 2 heteroatoms. The molecule has 16 heavy (non-hydrogen) atoms. The van der Waals surface area contributed by atoms with Gasteiger partial charge in [-0.3, -0.25) is 0 Å². The van der Waals surface area contributed by atoms with Crippen molar-refractivity contribution in [1.82, 2.24) is 10.2 Å². The number of hydrogen-bond donors (Lipinski definition) is 1. The highest BCUT2D eigenvalue weighted by molar-refractivity contribution is 4.66. The van der Waals surface area contributed by atoms with Gasteiger partial charge in [0.25, 0.3) is 0 Å². The highest BCUT2D eigenvalue weighted by atomic mass is 15.1. The van der Waals surface area contributed by atoms with Gasteiger partial charge < -0.3 is 10.2 Å². The molecule has 0 spiro atoms. The molecule has 0 atom stereocenters. The van der Waals surface area contributed by atoms with Crippen molar-refractivity contribution in [3.63, 3.8) is 0 Å². The lowest BCUT2D eigenvalue weighted by Gasteiger charge is -2.26. The Labute approximate surface area is 102 Å². The molecule has 2 nitrogen and oxygen atoms in total. The topological polar surface area (TPSA) is 15.3 Å². The van der Waals surface area contributed by atoms with Crippen LogP contribution in [0.4, 0.5) is 0 Å². The van der Waals surface area contributed by atoms with E-state index in [9.17, 15) is 0 Å². The second kappa shape index (κ2) is 7.29. The smallest absolute Gasteiger partial charge is 0.000664 e. The molecule has 1 fully saturated rings. The van der Waals surface area contributed by atoms with Crippen molar-refractivity contribution < 1.29 is 0 Å². The number of nitrogens with one attached hydrogen (secondary N) is 1. The van der Waals surface area contributed by atoms with Crippen molar-refractivity contribution in [3.05, 3.63) is 0 Å². The fraction of sp³-hybridized carbons (Fsp3) is 1.00. The van der Waals surface area contributed by atoms with E-state index < -0.39 is 0 Å².